The Morgan fingerprint density at radius 2 is 2.41 bits per heavy atom. The van der Waals surface area contributed by atoms with Crippen molar-refractivity contribution in [1.82, 2.24) is 25.5 Å². The third kappa shape index (κ3) is 2.41. The molecule has 0 radical (unpaired) electrons. The van der Waals surface area contributed by atoms with Gasteiger partial charge in [0.1, 0.15) is 11.8 Å². The fourth-order valence-corrected chi connectivity index (χ4v) is 1.28. The number of aromatic amines is 1. The van der Waals surface area contributed by atoms with E-state index in [1.165, 1.54) is 0 Å². The van der Waals surface area contributed by atoms with E-state index in [0.717, 1.165) is 0 Å². The van der Waals surface area contributed by atoms with Gasteiger partial charge >= 0.3 is 0 Å². The second-order valence-corrected chi connectivity index (χ2v) is 3.55. The highest BCUT2D eigenvalue weighted by molar-refractivity contribution is 5.90. The van der Waals surface area contributed by atoms with Crippen LogP contribution in [-0.2, 0) is 0 Å². The average molecular weight is 236 g/mol. The first-order valence-corrected chi connectivity index (χ1v) is 4.97. The maximum atomic E-state index is 11.7. The van der Waals surface area contributed by atoms with E-state index in [1.54, 1.807) is 20.0 Å². The summed E-state index contributed by atoms with van der Waals surface area (Å²) in [5.74, 6) is 0.776. The van der Waals surface area contributed by atoms with E-state index in [-0.39, 0.29) is 17.8 Å². The molecule has 0 spiro atoms. The van der Waals surface area contributed by atoms with Gasteiger partial charge in [-0.05, 0) is 13.8 Å². The van der Waals surface area contributed by atoms with Gasteiger partial charge in [0.05, 0.1) is 6.20 Å². The minimum atomic E-state index is -0.419. The van der Waals surface area contributed by atoms with Crippen LogP contribution in [0.4, 0.5) is 5.95 Å². The van der Waals surface area contributed by atoms with Crippen molar-refractivity contribution in [3.05, 3.63) is 23.7 Å². The predicted octanol–water partition coefficient (Wildman–Crippen LogP) is 0.174. The summed E-state index contributed by atoms with van der Waals surface area (Å²) in [6.45, 7) is 3.53. The van der Waals surface area contributed by atoms with Gasteiger partial charge in [0.15, 0.2) is 0 Å². The summed E-state index contributed by atoms with van der Waals surface area (Å²) in [4.78, 5) is 19.4. The SMILES string of the molecule is Cc1cnc(C(C)NC(=O)c2nc(N)n[nH]2)o1. The molecule has 0 fully saturated rings. The Morgan fingerprint density at radius 1 is 1.65 bits per heavy atom. The minimum Gasteiger partial charge on any atom is -0.444 e. The lowest BCUT2D eigenvalue weighted by molar-refractivity contribution is 0.0924. The van der Waals surface area contributed by atoms with Crippen LogP contribution in [0, 0.1) is 6.92 Å². The summed E-state index contributed by atoms with van der Waals surface area (Å²) < 4.78 is 5.29. The van der Waals surface area contributed by atoms with Crippen LogP contribution < -0.4 is 11.1 Å². The van der Waals surface area contributed by atoms with Crippen molar-refractivity contribution in [2.45, 2.75) is 19.9 Å². The average Bonchev–Trinajstić information content (AvgIpc) is 2.87. The van der Waals surface area contributed by atoms with E-state index >= 15 is 0 Å². The number of oxazole rings is 1. The van der Waals surface area contributed by atoms with Crippen LogP contribution in [0.25, 0.3) is 0 Å². The van der Waals surface area contributed by atoms with Crippen molar-refractivity contribution >= 4 is 11.9 Å². The molecule has 0 aliphatic carbocycles. The van der Waals surface area contributed by atoms with Crippen molar-refractivity contribution in [2.24, 2.45) is 0 Å². The zero-order valence-corrected chi connectivity index (χ0v) is 9.39. The van der Waals surface area contributed by atoms with Crippen molar-refractivity contribution in [3.63, 3.8) is 0 Å². The van der Waals surface area contributed by atoms with Crippen LogP contribution >= 0.6 is 0 Å². The summed E-state index contributed by atoms with van der Waals surface area (Å²) in [7, 11) is 0. The predicted molar refractivity (Wildman–Crippen MR) is 57.9 cm³/mol. The number of nitrogens with two attached hydrogens (primary N) is 1. The van der Waals surface area contributed by atoms with E-state index in [9.17, 15) is 4.79 Å². The Labute approximate surface area is 96.6 Å². The maximum absolute atomic E-state index is 11.7. The molecule has 0 aromatic carbocycles. The monoisotopic (exact) mass is 236 g/mol. The molecule has 2 aromatic heterocycles. The molecule has 2 aromatic rings. The lowest BCUT2D eigenvalue weighted by Crippen LogP contribution is -2.27. The van der Waals surface area contributed by atoms with Crippen molar-refractivity contribution in [3.8, 4) is 0 Å². The van der Waals surface area contributed by atoms with Gasteiger partial charge in [-0.3, -0.25) is 9.89 Å². The number of amides is 1. The number of H-pyrrole nitrogens is 1. The first-order valence-electron chi connectivity index (χ1n) is 4.97. The summed E-state index contributed by atoms with van der Waals surface area (Å²) in [5, 5.41) is 8.64. The topological polar surface area (TPSA) is 123 Å². The van der Waals surface area contributed by atoms with Gasteiger partial charge in [-0.1, -0.05) is 0 Å². The number of aryl methyl sites for hydroxylation is 1. The highest BCUT2D eigenvalue weighted by atomic mass is 16.4. The Bertz CT molecular complexity index is 531. The second kappa shape index (κ2) is 4.24. The van der Waals surface area contributed by atoms with Gasteiger partial charge in [0.2, 0.25) is 17.7 Å². The van der Waals surface area contributed by atoms with Crippen LogP contribution in [-0.4, -0.2) is 26.1 Å². The first kappa shape index (κ1) is 11.1. The van der Waals surface area contributed by atoms with Gasteiger partial charge < -0.3 is 15.5 Å². The largest absolute Gasteiger partial charge is 0.444 e. The molecule has 17 heavy (non-hydrogen) atoms. The second-order valence-electron chi connectivity index (χ2n) is 3.55. The van der Waals surface area contributed by atoms with Crippen LogP contribution in [0.1, 0.15) is 35.2 Å². The Kier molecular flexibility index (Phi) is 2.77. The van der Waals surface area contributed by atoms with E-state index in [2.05, 4.69) is 25.5 Å². The molecule has 8 nitrogen and oxygen atoms in total. The Morgan fingerprint density at radius 3 is 2.94 bits per heavy atom. The fraction of sp³-hybridized carbons (Fsp3) is 0.333. The number of rotatable bonds is 3. The molecule has 8 heteroatoms. The number of nitrogens with one attached hydrogen (secondary N) is 2. The van der Waals surface area contributed by atoms with E-state index in [4.69, 9.17) is 10.2 Å². The van der Waals surface area contributed by atoms with Crippen molar-refractivity contribution < 1.29 is 9.21 Å². The quantitative estimate of drug-likeness (QED) is 0.698. The summed E-state index contributed by atoms with van der Waals surface area (Å²) in [5.41, 5.74) is 5.30. The third-order valence-electron chi connectivity index (χ3n) is 2.07. The minimum absolute atomic E-state index is 0.0229. The molecule has 1 amide bonds. The molecule has 4 N–H and O–H groups in total. The number of nitrogen functional groups attached to an aromatic ring is 1. The molecular weight excluding hydrogens is 224 g/mol. The zero-order chi connectivity index (χ0) is 12.4. The maximum Gasteiger partial charge on any atom is 0.289 e. The molecule has 2 heterocycles. The molecular formula is C9H12N6O2. The van der Waals surface area contributed by atoms with Crippen LogP contribution in [0.2, 0.25) is 0 Å². The van der Waals surface area contributed by atoms with Crippen molar-refractivity contribution in [1.29, 1.82) is 0 Å². The van der Waals surface area contributed by atoms with Crippen LogP contribution in [0.3, 0.4) is 0 Å². The fourth-order valence-electron chi connectivity index (χ4n) is 1.28. The summed E-state index contributed by atoms with van der Waals surface area (Å²) in [6, 6.07) is -0.359. The van der Waals surface area contributed by atoms with E-state index in [0.29, 0.717) is 11.7 Å². The van der Waals surface area contributed by atoms with Crippen LogP contribution in [0.5, 0.6) is 0 Å². The van der Waals surface area contributed by atoms with Gasteiger partial charge in [-0.15, -0.1) is 5.10 Å². The third-order valence-corrected chi connectivity index (χ3v) is 2.07. The van der Waals surface area contributed by atoms with Gasteiger partial charge in [-0.25, -0.2) is 4.98 Å². The van der Waals surface area contributed by atoms with Gasteiger partial charge in [0, 0.05) is 0 Å². The lowest BCUT2D eigenvalue weighted by Gasteiger charge is -2.08. The Balaban J connectivity index is 2.04. The molecule has 0 bridgehead atoms. The number of carbonyl (C=O) groups excluding carboxylic acids is 1. The highest BCUT2D eigenvalue weighted by Gasteiger charge is 2.17. The number of hydrogen-bond acceptors (Lipinski definition) is 6. The molecule has 0 saturated carbocycles. The summed E-state index contributed by atoms with van der Waals surface area (Å²) >= 11 is 0. The number of anilines is 1. The van der Waals surface area contributed by atoms with Gasteiger partial charge in [0.25, 0.3) is 5.91 Å². The number of carbonyl (C=O) groups is 1. The van der Waals surface area contributed by atoms with Crippen molar-refractivity contribution in [2.75, 3.05) is 5.73 Å². The molecule has 2 rings (SSSR count). The first-order chi connectivity index (χ1) is 8.06. The molecule has 1 unspecified atom stereocenters. The van der Waals surface area contributed by atoms with E-state index < -0.39 is 5.91 Å². The number of hydrogen-bond donors (Lipinski definition) is 3. The zero-order valence-electron chi connectivity index (χ0n) is 9.39. The van der Waals surface area contributed by atoms with Crippen LogP contribution in [0.15, 0.2) is 10.6 Å². The number of aromatic nitrogens is 4. The molecule has 1 atom stereocenters. The smallest absolute Gasteiger partial charge is 0.289 e. The molecule has 0 saturated heterocycles. The molecule has 0 aliphatic rings. The number of nitrogens with zero attached hydrogens (tertiary/aromatic N) is 3. The normalized spacial score (nSPS) is 12.4. The van der Waals surface area contributed by atoms with E-state index in [1.807, 2.05) is 0 Å². The van der Waals surface area contributed by atoms with Gasteiger partial charge in [-0.2, -0.15) is 4.98 Å². The highest BCUT2D eigenvalue weighted by Crippen LogP contribution is 2.12. The lowest BCUT2D eigenvalue weighted by atomic mass is 10.3. The molecule has 90 valence electrons. The summed E-state index contributed by atoms with van der Waals surface area (Å²) in [6.07, 6.45) is 1.59. The molecule has 0 aliphatic heterocycles. The Hall–Kier alpha value is -2.38. The standard InChI is InChI=1S/C9H12N6O2/c1-4-3-11-8(17-4)5(2)12-7(16)6-13-9(10)15-14-6/h3,5H,1-2H3,(H,12,16)(H3,10,13,14,15).